The lowest BCUT2D eigenvalue weighted by Gasteiger charge is -2.09. The van der Waals surface area contributed by atoms with Crippen LogP contribution in [0.5, 0.6) is 0 Å². The molecule has 0 saturated carbocycles. The summed E-state index contributed by atoms with van der Waals surface area (Å²) in [4.78, 5) is 11.7. The highest BCUT2D eigenvalue weighted by molar-refractivity contribution is 5.69. The van der Waals surface area contributed by atoms with E-state index in [1.54, 1.807) is 0 Å². The van der Waals surface area contributed by atoms with Crippen LogP contribution in [0.15, 0.2) is 0 Å². The monoisotopic (exact) mass is 652 g/mol. The predicted octanol–water partition coefficient (Wildman–Crippen LogP) is 5.40. The van der Waals surface area contributed by atoms with Crippen molar-refractivity contribution in [3.05, 3.63) is 0 Å². The minimum Gasteiger partial charge on any atom is -0.463 e. The van der Waals surface area contributed by atoms with Gasteiger partial charge in [0.1, 0.15) is 6.61 Å². The number of carbonyl (C=O) groups excluding carboxylic acids is 1. The first-order valence-corrected chi connectivity index (χ1v) is 17.7. The van der Waals surface area contributed by atoms with Crippen LogP contribution in [0.4, 0.5) is 0 Å². The van der Waals surface area contributed by atoms with E-state index in [0.717, 1.165) is 25.9 Å². The second-order valence-corrected chi connectivity index (χ2v) is 10.7. The van der Waals surface area contributed by atoms with Crippen LogP contribution in [0, 0.1) is 0 Å². The van der Waals surface area contributed by atoms with E-state index >= 15 is 0 Å². The molecule has 0 aliphatic carbocycles. The van der Waals surface area contributed by atoms with Gasteiger partial charge in [0.25, 0.3) is 0 Å². The molecule has 0 aromatic carbocycles. The predicted molar refractivity (Wildman–Crippen MR) is 175 cm³/mol. The Hall–Kier alpha value is -0.890. The molecule has 0 spiro atoms. The zero-order chi connectivity index (χ0) is 32.6. The molecule has 0 unspecified atom stereocenters. The van der Waals surface area contributed by atoms with E-state index in [1.807, 2.05) is 0 Å². The molecule has 0 aliphatic rings. The summed E-state index contributed by atoms with van der Waals surface area (Å²) in [6.07, 6.45) is 13.7. The lowest BCUT2D eigenvalue weighted by molar-refractivity contribution is -0.145. The van der Waals surface area contributed by atoms with E-state index in [4.69, 9.17) is 47.4 Å². The molecule has 0 aromatic heterocycles. The Morgan fingerprint density at radius 1 is 0.311 bits per heavy atom. The Kier molecular flexibility index (Phi) is 40.3. The van der Waals surface area contributed by atoms with Gasteiger partial charge in [-0.05, 0) is 12.8 Å². The molecule has 270 valence electrons. The fourth-order valence-corrected chi connectivity index (χ4v) is 4.01. The van der Waals surface area contributed by atoms with Crippen LogP contribution in [0.3, 0.4) is 0 Å². The van der Waals surface area contributed by atoms with Crippen molar-refractivity contribution in [2.75, 3.05) is 126 Å². The maximum atomic E-state index is 11.7. The number of hydrogen-bond acceptors (Lipinski definition) is 11. The number of hydrogen-bond donors (Lipinski definition) is 0. The highest BCUT2D eigenvalue weighted by Crippen LogP contribution is 2.08. The Morgan fingerprint density at radius 3 is 0.933 bits per heavy atom. The van der Waals surface area contributed by atoms with Gasteiger partial charge < -0.3 is 47.4 Å². The molecule has 0 bridgehead atoms. The number of esters is 1. The van der Waals surface area contributed by atoms with Gasteiger partial charge in [-0.2, -0.15) is 0 Å². The first-order valence-electron chi connectivity index (χ1n) is 17.7. The van der Waals surface area contributed by atoms with E-state index in [1.165, 1.54) is 51.4 Å². The van der Waals surface area contributed by atoms with Crippen LogP contribution < -0.4 is 0 Å². The maximum Gasteiger partial charge on any atom is 0.305 e. The fraction of sp³-hybridized carbons (Fsp3) is 0.971. The number of ether oxygens (including phenoxy) is 10. The Bertz CT molecular complexity index is 554. The fourth-order valence-electron chi connectivity index (χ4n) is 4.01. The quantitative estimate of drug-likeness (QED) is 0.0627. The third kappa shape index (κ3) is 41.1. The van der Waals surface area contributed by atoms with Crippen LogP contribution in [-0.2, 0) is 52.2 Å². The number of rotatable bonds is 40. The minimum absolute atomic E-state index is 0.137. The van der Waals surface area contributed by atoms with Crippen molar-refractivity contribution in [3.8, 4) is 0 Å². The zero-order valence-electron chi connectivity index (χ0n) is 28.9. The Balaban J connectivity index is 3.09. The minimum atomic E-state index is -0.137. The summed E-state index contributed by atoms with van der Waals surface area (Å²) in [5.41, 5.74) is 0. The molecule has 0 rings (SSSR count). The smallest absolute Gasteiger partial charge is 0.305 e. The third-order valence-electron chi connectivity index (χ3n) is 6.59. The van der Waals surface area contributed by atoms with Crippen molar-refractivity contribution in [2.24, 2.45) is 0 Å². The topological polar surface area (TPSA) is 109 Å². The summed E-state index contributed by atoms with van der Waals surface area (Å²) in [5.74, 6) is -0.137. The molecule has 0 atom stereocenters. The van der Waals surface area contributed by atoms with Gasteiger partial charge in [0.2, 0.25) is 0 Å². The largest absolute Gasteiger partial charge is 0.463 e. The normalized spacial score (nSPS) is 11.4. The molecule has 45 heavy (non-hydrogen) atoms. The van der Waals surface area contributed by atoms with Crippen molar-refractivity contribution in [1.82, 2.24) is 0 Å². The van der Waals surface area contributed by atoms with Gasteiger partial charge in [0.05, 0.1) is 112 Å². The molecule has 0 fully saturated rings. The van der Waals surface area contributed by atoms with Crippen molar-refractivity contribution in [2.45, 2.75) is 90.9 Å². The number of carbonyl (C=O) groups is 1. The Morgan fingerprint density at radius 2 is 0.578 bits per heavy atom. The third-order valence-corrected chi connectivity index (χ3v) is 6.59. The van der Waals surface area contributed by atoms with Gasteiger partial charge in [-0.1, -0.05) is 71.6 Å². The van der Waals surface area contributed by atoms with Gasteiger partial charge in [0.15, 0.2) is 0 Å². The van der Waals surface area contributed by atoms with Crippen molar-refractivity contribution in [1.29, 1.82) is 0 Å². The van der Waals surface area contributed by atoms with Crippen LogP contribution >= 0.6 is 0 Å². The zero-order valence-corrected chi connectivity index (χ0v) is 28.9. The number of unbranched alkanes of at least 4 members (excludes halogenated alkanes) is 9. The SMILES string of the molecule is CCCCCCCCCC(=O)OCCOCCOCCOCCOCCOCCOCCOCCOCCOCCCCCC. The van der Waals surface area contributed by atoms with Gasteiger partial charge in [-0.25, -0.2) is 0 Å². The van der Waals surface area contributed by atoms with Crippen molar-refractivity contribution in [3.63, 3.8) is 0 Å². The summed E-state index contributed by atoms with van der Waals surface area (Å²) in [5, 5.41) is 0. The summed E-state index contributed by atoms with van der Waals surface area (Å²) in [6.45, 7) is 14.4. The highest BCUT2D eigenvalue weighted by Gasteiger charge is 2.03. The molecular weight excluding hydrogens is 584 g/mol. The maximum absolute atomic E-state index is 11.7. The first kappa shape index (κ1) is 44.1. The summed E-state index contributed by atoms with van der Waals surface area (Å²) >= 11 is 0. The molecule has 11 nitrogen and oxygen atoms in total. The summed E-state index contributed by atoms with van der Waals surface area (Å²) < 4.78 is 54.5. The van der Waals surface area contributed by atoms with E-state index in [9.17, 15) is 4.79 Å². The highest BCUT2D eigenvalue weighted by atomic mass is 16.6. The van der Waals surface area contributed by atoms with E-state index in [0.29, 0.717) is 125 Å². The van der Waals surface area contributed by atoms with Crippen LogP contribution in [0.2, 0.25) is 0 Å². The second-order valence-electron chi connectivity index (χ2n) is 10.7. The van der Waals surface area contributed by atoms with Crippen LogP contribution in [0.1, 0.15) is 90.9 Å². The lowest BCUT2D eigenvalue weighted by atomic mass is 10.1. The molecule has 11 heteroatoms. The molecule has 0 N–H and O–H groups in total. The molecule has 0 aromatic rings. The average molecular weight is 653 g/mol. The van der Waals surface area contributed by atoms with Gasteiger partial charge in [0, 0.05) is 13.0 Å². The van der Waals surface area contributed by atoms with Gasteiger partial charge in [-0.3, -0.25) is 4.79 Å². The molecule has 0 amide bonds. The van der Waals surface area contributed by atoms with E-state index < -0.39 is 0 Å². The molecule has 0 radical (unpaired) electrons. The molecule has 0 saturated heterocycles. The van der Waals surface area contributed by atoms with Gasteiger partial charge in [-0.15, -0.1) is 0 Å². The molecule has 0 heterocycles. The van der Waals surface area contributed by atoms with Crippen LogP contribution in [0.25, 0.3) is 0 Å². The molecule has 0 aliphatic heterocycles. The van der Waals surface area contributed by atoms with Crippen LogP contribution in [-0.4, -0.2) is 132 Å². The van der Waals surface area contributed by atoms with E-state index in [-0.39, 0.29) is 5.97 Å². The molecular formula is C34H68O11. The van der Waals surface area contributed by atoms with Crippen molar-refractivity contribution < 1.29 is 52.2 Å². The lowest BCUT2D eigenvalue weighted by Crippen LogP contribution is -2.15. The second kappa shape index (κ2) is 41.1. The van der Waals surface area contributed by atoms with E-state index in [2.05, 4.69) is 13.8 Å². The van der Waals surface area contributed by atoms with Crippen molar-refractivity contribution >= 4 is 5.97 Å². The first-order chi connectivity index (χ1) is 22.3. The Labute approximate surface area is 274 Å². The van der Waals surface area contributed by atoms with Gasteiger partial charge >= 0.3 is 5.97 Å². The average Bonchev–Trinajstić information content (AvgIpc) is 3.05. The summed E-state index contributed by atoms with van der Waals surface area (Å²) in [6, 6.07) is 0. The standard InChI is InChI=1S/C34H68O11/c1-3-5-7-9-10-11-12-14-34(35)45-33-32-44-31-30-43-29-28-42-27-26-41-25-24-40-23-22-39-21-20-38-19-18-37-17-16-36-15-13-8-6-4-2/h3-33H2,1-2H3. The summed E-state index contributed by atoms with van der Waals surface area (Å²) in [7, 11) is 0.